The maximum atomic E-state index is 12.9. The van der Waals surface area contributed by atoms with Crippen molar-refractivity contribution in [3.05, 3.63) is 53.8 Å². The van der Waals surface area contributed by atoms with Gasteiger partial charge in [-0.3, -0.25) is 4.79 Å². The van der Waals surface area contributed by atoms with Gasteiger partial charge in [-0.1, -0.05) is 31.0 Å². The number of aromatic nitrogens is 1. The fourth-order valence-electron chi connectivity index (χ4n) is 3.66. The molecule has 4 rings (SSSR count). The smallest absolute Gasteiger partial charge is 0.339 e. The normalized spacial score (nSPS) is 14.6. The van der Waals surface area contributed by atoms with Gasteiger partial charge in [-0.15, -0.1) is 0 Å². The molecule has 3 aromatic rings. The van der Waals surface area contributed by atoms with Crippen LogP contribution in [-0.4, -0.2) is 41.5 Å². The maximum Gasteiger partial charge on any atom is 0.339 e. The van der Waals surface area contributed by atoms with Crippen LogP contribution in [0.5, 0.6) is 0 Å². The summed E-state index contributed by atoms with van der Waals surface area (Å²) in [5, 5.41) is 0.687. The predicted molar refractivity (Wildman–Crippen MR) is 110 cm³/mol. The number of amides is 1. The van der Waals surface area contributed by atoms with E-state index in [4.69, 9.17) is 9.15 Å². The highest BCUT2D eigenvalue weighted by Crippen LogP contribution is 2.26. The van der Waals surface area contributed by atoms with Crippen LogP contribution in [0.4, 0.5) is 0 Å². The molecule has 0 spiro atoms. The number of carbonyl (C=O) groups excluding carboxylic acids is 2. The lowest BCUT2D eigenvalue weighted by atomic mass is 10.1. The molecule has 1 amide bonds. The van der Waals surface area contributed by atoms with E-state index >= 15 is 0 Å². The van der Waals surface area contributed by atoms with Crippen molar-refractivity contribution in [1.82, 2.24) is 9.88 Å². The van der Waals surface area contributed by atoms with Crippen LogP contribution in [-0.2, 0) is 9.53 Å². The van der Waals surface area contributed by atoms with E-state index in [1.165, 1.54) is 0 Å². The number of hydrogen-bond donors (Lipinski definition) is 0. The molecule has 0 N–H and O–H groups in total. The Morgan fingerprint density at radius 2 is 1.83 bits per heavy atom. The van der Waals surface area contributed by atoms with Crippen LogP contribution in [0.3, 0.4) is 0 Å². The molecule has 1 fully saturated rings. The van der Waals surface area contributed by atoms with Gasteiger partial charge in [-0.05, 0) is 44.0 Å². The molecule has 0 radical (unpaired) electrons. The Balaban J connectivity index is 1.57. The second kappa shape index (κ2) is 8.47. The number of para-hydroxylation sites is 1. The second-order valence-corrected chi connectivity index (χ2v) is 7.35. The molecular weight excluding hydrogens is 368 g/mol. The topological polar surface area (TPSA) is 72.6 Å². The van der Waals surface area contributed by atoms with Gasteiger partial charge in [0.1, 0.15) is 11.5 Å². The molecule has 0 bridgehead atoms. The first-order chi connectivity index (χ1) is 14.1. The first kappa shape index (κ1) is 19.2. The largest absolute Gasteiger partial charge is 0.460 e. The molecule has 3 heterocycles. The zero-order valence-electron chi connectivity index (χ0n) is 16.5. The number of furan rings is 1. The summed E-state index contributed by atoms with van der Waals surface area (Å²) in [4.78, 5) is 31.7. The van der Waals surface area contributed by atoms with Crippen molar-refractivity contribution in [1.29, 1.82) is 0 Å². The van der Waals surface area contributed by atoms with Crippen LogP contribution in [0.2, 0.25) is 0 Å². The molecule has 1 saturated heterocycles. The van der Waals surface area contributed by atoms with Crippen molar-refractivity contribution < 1.29 is 18.7 Å². The van der Waals surface area contributed by atoms with Gasteiger partial charge in [0.05, 0.1) is 11.1 Å². The summed E-state index contributed by atoms with van der Waals surface area (Å²) < 4.78 is 11.1. The first-order valence-electron chi connectivity index (χ1n) is 10.0. The average Bonchev–Trinajstić information content (AvgIpc) is 3.00. The molecule has 0 atom stereocenters. The number of aryl methyl sites for hydroxylation is 1. The highest BCUT2D eigenvalue weighted by molar-refractivity contribution is 6.05. The minimum atomic E-state index is -0.531. The van der Waals surface area contributed by atoms with Crippen LogP contribution >= 0.6 is 0 Å². The molecule has 29 heavy (non-hydrogen) atoms. The standard InChI is InChI=1S/C23H24N2O4/c1-16-10-11-21(29-16)20-14-18(17-8-4-5-9-19(17)24-20)23(27)28-15-22(26)25-12-6-2-3-7-13-25/h4-5,8-11,14H,2-3,6-7,12-13,15H2,1H3. The van der Waals surface area contributed by atoms with Crippen molar-refractivity contribution in [2.45, 2.75) is 32.6 Å². The first-order valence-corrected chi connectivity index (χ1v) is 10.0. The Labute approximate surface area is 169 Å². The molecule has 0 saturated carbocycles. The number of benzene rings is 1. The van der Waals surface area contributed by atoms with E-state index in [9.17, 15) is 9.59 Å². The Kier molecular flexibility index (Phi) is 5.60. The predicted octanol–water partition coefficient (Wildman–Crippen LogP) is 4.36. The summed E-state index contributed by atoms with van der Waals surface area (Å²) in [6, 6.07) is 12.7. The van der Waals surface area contributed by atoms with E-state index in [2.05, 4.69) is 4.98 Å². The maximum absolute atomic E-state index is 12.9. The van der Waals surface area contributed by atoms with Gasteiger partial charge >= 0.3 is 5.97 Å². The third-order valence-corrected chi connectivity index (χ3v) is 5.21. The number of likely N-dealkylation sites (tertiary alicyclic amines) is 1. The van der Waals surface area contributed by atoms with Crippen molar-refractivity contribution >= 4 is 22.8 Å². The van der Waals surface area contributed by atoms with Crippen LogP contribution in [0.15, 0.2) is 46.9 Å². The van der Waals surface area contributed by atoms with Crippen LogP contribution in [0, 0.1) is 6.92 Å². The summed E-state index contributed by atoms with van der Waals surface area (Å²) in [7, 11) is 0. The van der Waals surface area contributed by atoms with Crippen molar-refractivity contribution in [3.63, 3.8) is 0 Å². The number of carbonyl (C=O) groups is 2. The van der Waals surface area contributed by atoms with Gasteiger partial charge in [-0.25, -0.2) is 9.78 Å². The van der Waals surface area contributed by atoms with Crippen molar-refractivity contribution in [3.8, 4) is 11.5 Å². The molecule has 150 valence electrons. The van der Waals surface area contributed by atoms with Gasteiger partial charge < -0.3 is 14.1 Å². The molecular formula is C23H24N2O4. The molecule has 0 unspecified atom stereocenters. The number of nitrogens with zero attached hydrogens (tertiary/aromatic N) is 2. The zero-order valence-corrected chi connectivity index (χ0v) is 16.5. The number of rotatable bonds is 4. The van der Waals surface area contributed by atoms with E-state index in [0.29, 0.717) is 27.9 Å². The molecule has 1 aliphatic rings. The lowest BCUT2D eigenvalue weighted by Gasteiger charge is -2.20. The number of pyridine rings is 1. The fourth-order valence-corrected chi connectivity index (χ4v) is 3.66. The van der Waals surface area contributed by atoms with Gasteiger partial charge in [0, 0.05) is 18.5 Å². The number of fused-ring (bicyclic) bond motifs is 1. The highest BCUT2D eigenvalue weighted by Gasteiger charge is 2.20. The Morgan fingerprint density at radius 3 is 2.55 bits per heavy atom. The van der Waals surface area contributed by atoms with Crippen molar-refractivity contribution in [2.75, 3.05) is 19.7 Å². The van der Waals surface area contributed by atoms with E-state index in [0.717, 1.165) is 44.5 Å². The Bertz CT molecular complexity index is 1030. The summed E-state index contributed by atoms with van der Waals surface area (Å²) >= 11 is 0. The average molecular weight is 392 g/mol. The van der Waals surface area contributed by atoms with E-state index < -0.39 is 5.97 Å². The van der Waals surface area contributed by atoms with Crippen LogP contribution in [0.25, 0.3) is 22.4 Å². The SMILES string of the molecule is Cc1ccc(-c2cc(C(=O)OCC(=O)N3CCCCCC3)c3ccccc3n2)o1. The van der Waals surface area contributed by atoms with Crippen molar-refractivity contribution in [2.24, 2.45) is 0 Å². The minimum absolute atomic E-state index is 0.138. The third-order valence-electron chi connectivity index (χ3n) is 5.21. The molecule has 1 aliphatic heterocycles. The van der Waals surface area contributed by atoms with Gasteiger partial charge in [-0.2, -0.15) is 0 Å². The molecule has 1 aromatic carbocycles. The monoisotopic (exact) mass is 392 g/mol. The summed E-state index contributed by atoms with van der Waals surface area (Å²) in [5.41, 5.74) is 1.61. The molecule has 6 nitrogen and oxygen atoms in total. The quantitative estimate of drug-likeness (QED) is 0.617. The van der Waals surface area contributed by atoms with Crippen LogP contribution in [0.1, 0.15) is 41.8 Å². The van der Waals surface area contributed by atoms with E-state index in [1.54, 1.807) is 11.0 Å². The summed E-state index contributed by atoms with van der Waals surface area (Å²) in [5.74, 6) is 0.682. The Hall–Kier alpha value is -3.15. The fraction of sp³-hybridized carbons (Fsp3) is 0.348. The van der Waals surface area contributed by atoms with Crippen LogP contribution < -0.4 is 0 Å². The molecule has 6 heteroatoms. The van der Waals surface area contributed by atoms with E-state index in [-0.39, 0.29) is 12.5 Å². The number of hydrogen-bond acceptors (Lipinski definition) is 5. The molecule has 0 aliphatic carbocycles. The minimum Gasteiger partial charge on any atom is -0.460 e. The van der Waals surface area contributed by atoms with Gasteiger partial charge in [0.2, 0.25) is 0 Å². The van der Waals surface area contributed by atoms with E-state index in [1.807, 2.05) is 43.3 Å². The Morgan fingerprint density at radius 1 is 1.07 bits per heavy atom. The number of esters is 1. The lowest BCUT2D eigenvalue weighted by molar-refractivity contribution is -0.134. The second-order valence-electron chi connectivity index (χ2n) is 7.35. The van der Waals surface area contributed by atoms with Gasteiger partial charge in [0.25, 0.3) is 5.91 Å². The zero-order chi connectivity index (χ0) is 20.2. The molecule has 2 aromatic heterocycles. The number of ether oxygens (including phenoxy) is 1. The summed E-state index contributed by atoms with van der Waals surface area (Å²) in [6.07, 6.45) is 4.28. The van der Waals surface area contributed by atoms with Gasteiger partial charge in [0.15, 0.2) is 12.4 Å². The highest BCUT2D eigenvalue weighted by atomic mass is 16.5. The summed E-state index contributed by atoms with van der Waals surface area (Å²) in [6.45, 7) is 3.08. The lowest BCUT2D eigenvalue weighted by Crippen LogP contribution is -2.35. The third kappa shape index (κ3) is 4.31.